The summed E-state index contributed by atoms with van der Waals surface area (Å²) in [5.74, 6) is -1.78. The van der Waals surface area contributed by atoms with E-state index in [0.29, 0.717) is 15.7 Å². The molecule has 0 saturated carbocycles. The van der Waals surface area contributed by atoms with Crippen LogP contribution in [0.3, 0.4) is 0 Å². The van der Waals surface area contributed by atoms with Gasteiger partial charge in [0.1, 0.15) is 11.3 Å². The SMILES string of the molecule is C[C@H](OC(=O)c1cc(Cl)ccc1O)C(=O)Nc1cc(Cl)ccc1Cl. The summed E-state index contributed by atoms with van der Waals surface area (Å²) in [6.45, 7) is 1.38. The van der Waals surface area contributed by atoms with E-state index in [1.807, 2.05) is 0 Å². The van der Waals surface area contributed by atoms with E-state index < -0.39 is 18.0 Å². The van der Waals surface area contributed by atoms with Gasteiger partial charge in [0.2, 0.25) is 0 Å². The van der Waals surface area contributed by atoms with Crippen LogP contribution >= 0.6 is 34.8 Å². The van der Waals surface area contributed by atoms with Gasteiger partial charge in [-0.05, 0) is 43.3 Å². The number of benzene rings is 2. The lowest BCUT2D eigenvalue weighted by atomic mass is 10.2. The molecule has 0 spiro atoms. The minimum absolute atomic E-state index is 0.136. The molecule has 0 radical (unpaired) electrons. The summed E-state index contributed by atoms with van der Waals surface area (Å²) in [6.07, 6.45) is -1.13. The van der Waals surface area contributed by atoms with Gasteiger partial charge in [0.15, 0.2) is 6.10 Å². The smallest absolute Gasteiger partial charge is 0.342 e. The Labute approximate surface area is 153 Å². The molecule has 2 rings (SSSR count). The second-order valence-corrected chi connectivity index (χ2v) is 6.10. The highest BCUT2D eigenvalue weighted by Gasteiger charge is 2.22. The van der Waals surface area contributed by atoms with Gasteiger partial charge in [-0.1, -0.05) is 34.8 Å². The van der Waals surface area contributed by atoms with Crippen LogP contribution in [-0.2, 0) is 9.53 Å². The van der Waals surface area contributed by atoms with Gasteiger partial charge in [-0.2, -0.15) is 0 Å². The summed E-state index contributed by atoms with van der Waals surface area (Å²) in [6, 6.07) is 8.50. The zero-order valence-corrected chi connectivity index (χ0v) is 14.6. The normalized spacial score (nSPS) is 11.7. The average Bonchev–Trinajstić information content (AvgIpc) is 2.53. The lowest BCUT2D eigenvalue weighted by Gasteiger charge is -2.15. The van der Waals surface area contributed by atoms with E-state index in [0.717, 1.165) is 0 Å². The molecule has 2 N–H and O–H groups in total. The molecule has 1 atom stereocenters. The number of rotatable bonds is 4. The fraction of sp³-hybridized carbons (Fsp3) is 0.125. The van der Waals surface area contributed by atoms with E-state index in [4.69, 9.17) is 39.5 Å². The van der Waals surface area contributed by atoms with Gasteiger partial charge < -0.3 is 15.2 Å². The molecule has 2 aromatic rings. The number of phenolic OH excluding ortho intramolecular Hbond substituents is 1. The maximum atomic E-state index is 12.1. The number of anilines is 1. The highest BCUT2D eigenvalue weighted by Crippen LogP contribution is 2.26. The Morgan fingerprint density at radius 3 is 2.42 bits per heavy atom. The van der Waals surface area contributed by atoms with Gasteiger partial charge in [-0.15, -0.1) is 0 Å². The summed E-state index contributed by atoms with van der Waals surface area (Å²) in [7, 11) is 0. The van der Waals surface area contributed by atoms with Crippen molar-refractivity contribution in [2.75, 3.05) is 5.32 Å². The van der Waals surface area contributed by atoms with Crippen LogP contribution in [-0.4, -0.2) is 23.1 Å². The first-order valence-corrected chi connectivity index (χ1v) is 7.86. The molecular weight excluding hydrogens is 377 g/mol. The number of esters is 1. The predicted molar refractivity (Wildman–Crippen MR) is 93.1 cm³/mol. The van der Waals surface area contributed by atoms with Crippen molar-refractivity contribution in [2.24, 2.45) is 0 Å². The number of carbonyl (C=O) groups is 2. The lowest BCUT2D eigenvalue weighted by molar-refractivity contribution is -0.123. The number of carbonyl (C=O) groups excluding carboxylic acids is 2. The van der Waals surface area contributed by atoms with E-state index in [1.54, 1.807) is 6.07 Å². The number of phenols is 1. The number of hydrogen-bond donors (Lipinski definition) is 2. The number of halogens is 3. The third-order valence-electron chi connectivity index (χ3n) is 3.02. The van der Waals surface area contributed by atoms with Gasteiger partial charge in [-0.25, -0.2) is 4.79 Å². The zero-order valence-electron chi connectivity index (χ0n) is 12.3. The molecule has 0 bridgehead atoms. The van der Waals surface area contributed by atoms with Gasteiger partial charge in [-0.3, -0.25) is 4.79 Å². The van der Waals surface area contributed by atoms with Crippen molar-refractivity contribution in [3.63, 3.8) is 0 Å². The maximum Gasteiger partial charge on any atom is 0.342 e. The molecule has 0 aliphatic rings. The Morgan fingerprint density at radius 1 is 1.08 bits per heavy atom. The molecule has 0 aliphatic heterocycles. The second-order valence-electron chi connectivity index (χ2n) is 4.82. The van der Waals surface area contributed by atoms with Crippen LogP contribution in [0.1, 0.15) is 17.3 Å². The van der Waals surface area contributed by atoms with E-state index in [1.165, 1.54) is 37.3 Å². The van der Waals surface area contributed by atoms with Crippen molar-refractivity contribution in [1.82, 2.24) is 0 Å². The number of amides is 1. The predicted octanol–water partition coefficient (Wildman–Crippen LogP) is 4.54. The van der Waals surface area contributed by atoms with Crippen molar-refractivity contribution >= 4 is 52.4 Å². The van der Waals surface area contributed by atoms with Crippen molar-refractivity contribution in [3.05, 3.63) is 57.0 Å². The molecule has 0 unspecified atom stereocenters. The summed E-state index contributed by atoms with van der Waals surface area (Å²) >= 11 is 17.6. The molecule has 0 heterocycles. The standard InChI is InChI=1S/C16H12Cl3NO4/c1-8(15(22)20-13-7-10(18)2-4-12(13)19)24-16(23)11-6-9(17)3-5-14(11)21/h2-8,21H,1H3,(H,20,22)/t8-/m0/s1. The van der Waals surface area contributed by atoms with E-state index in [-0.39, 0.29) is 16.3 Å². The molecule has 8 heteroatoms. The topological polar surface area (TPSA) is 75.6 Å². The quantitative estimate of drug-likeness (QED) is 0.754. The fourth-order valence-corrected chi connectivity index (χ4v) is 2.29. The third kappa shape index (κ3) is 4.54. The van der Waals surface area contributed by atoms with Gasteiger partial charge in [0.25, 0.3) is 5.91 Å². The van der Waals surface area contributed by atoms with Gasteiger partial charge in [0, 0.05) is 10.0 Å². The summed E-state index contributed by atoms with van der Waals surface area (Å²) in [5, 5.41) is 13.1. The summed E-state index contributed by atoms with van der Waals surface area (Å²) < 4.78 is 5.03. The Hall–Kier alpha value is -1.95. The molecule has 1 amide bonds. The average molecular weight is 389 g/mol. The number of ether oxygens (including phenoxy) is 1. The van der Waals surface area contributed by atoms with Crippen molar-refractivity contribution in [3.8, 4) is 5.75 Å². The van der Waals surface area contributed by atoms with Crippen LogP contribution < -0.4 is 5.32 Å². The third-order valence-corrected chi connectivity index (χ3v) is 3.82. The second kappa shape index (κ2) is 7.75. The monoisotopic (exact) mass is 387 g/mol. The van der Waals surface area contributed by atoms with Crippen LogP contribution in [0.4, 0.5) is 5.69 Å². The van der Waals surface area contributed by atoms with Crippen molar-refractivity contribution in [2.45, 2.75) is 13.0 Å². The summed E-state index contributed by atoms with van der Waals surface area (Å²) in [5.41, 5.74) is 0.158. The van der Waals surface area contributed by atoms with Gasteiger partial charge in [0.05, 0.1) is 10.7 Å². The first-order valence-electron chi connectivity index (χ1n) is 6.73. The van der Waals surface area contributed by atoms with Crippen LogP contribution in [0.5, 0.6) is 5.75 Å². The number of aromatic hydroxyl groups is 1. The minimum atomic E-state index is -1.13. The van der Waals surface area contributed by atoms with Crippen molar-refractivity contribution < 1.29 is 19.4 Å². The van der Waals surface area contributed by atoms with Crippen molar-refractivity contribution in [1.29, 1.82) is 0 Å². The Kier molecular flexibility index (Phi) is 5.94. The molecule has 0 aliphatic carbocycles. The molecule has 2 aromatic carbocycles. The highest BCUT2D eigenvalue weighted by atomic mass is 35.5. The Morgan fingerprint density at radius 2 is 1.71 bits per heavy atom. The van der Waals surface area contributed by atoms with Crippen LogP contribution in [0.25, 0.3) is 0 Å². The molecule has 24 heavy (non-hydrogen) atoms. The largest absolute Gasteiger partial charge is 0.507 e. The fourth-order valence-electron chi connectivity index (χ4n) is 1.78. The number of hydrogen-bond acceptors (Lipinski definition) is 4. The molecule has 126 valence electrons. The number of nitrogens with one attached hydrogen (secondary N) is 1. The molecule has 0 aromatic heterocycles. The molecule has 0 fully saturated rings. The zero-order chi connectivity index (χ0) is 17.9. The molecule has 5 nitrogen and oxygen atoms in total. The lowest BCUT2D eigenvalue weighted by Crippen LogP contribution is -2.30. The molecular formula is C16H12Cl3NO4. The Bertz CT molecular complexity index is 795. The van der Waals surface area contributed by atoms with E-state index in [9.17, 15) is 14.7 Å². The molecule has 0 saturated heterocycles. The van der Waals surface area contributed by atoms with E-state index >= 15 is 0 Å². The van der Waals surface area contributed by atoms with E-state index in [2.05, 4.69) is 5.32 Å². The highest BCUT2D eigenvalue weighted by molar-refractivity contribution is 6.35. The maximum absolute atomic E-state index is 12.1. The van der Waals surface area contributed by atoms with Crippen LogP contribution in [0.15, 0.2) is 36.4 Å². The first-order chi connectivity index (χ1) is 11.3. The van der Waals surface area contributed by atoms with Crippen LogP contribution in [0.2, 0.25) is 15.1 Å². The summed E-state index contributed by atoms with van der Waals surface area (Å²) in [4.78, 5) is 24.2. The Balaban J connectivity index is 2.07. The van der Waals surface area contributed by atoms with Gasteiger partial charge >= 0.3 is 5.97 Å². The van der Waals surface area contributed by atoms with Crippen LogP contribution in [0, 0.1) is 0 Å². The minimum Gasteiger partial charge on any atom is -0.507 e. The first kappa shape index (κ1) is 18.4.